The number of rotatable bonds is 5. The van der Waals surface area contributed by atoms with Crippen LogP contribution in [0, 0.1) is 11.7 Å². The molecule has 2 amide bonds. The molecular weight excluding hydrogens is 431 g/mol. The van der Waals surface area contributed by atoms with Gasteiger partial charge in [0.2, 0.25) is 11.8 Å². The Morgan fingerprint density at radius 3 is 2.59 bits per heavy atom. The third-order valence-corrected chi connectivity index (χ3v) is 7.50. The molecule has 2 aliphatic heterocycles. The number of amides is 2. The fraction of sp³-hybridized carbons (Fsp3) is 0.370. The van der Waals surface area contributed by atoms with Gasteiger partial charge in [0.1, 0.15) is 11.9 Å². The smallest absolute Gasteiger partial charge is 0.245 e. The number of fused-ring (bicyclic) bond motifs is 2. The number of likely N-dealkylation sites (tertiary alicyclic amines) is 1. The largest absolute Gasteiger partial charge is 0.333 e. The number of carbonyl (C=O) groups excluding carboxylic acids is 2. The van der Waals surface area contributed by atoms with E-state index in [9.17, 15) is 14.0 Å². The molecule has 2 aromatic carbocycles. The van der Waals surface area contributed by atoms with Crippen molar-refractivity contribution in [1.82, 2.24) is 19.6 Å². The summed E-state index contributed by atoms with van der Waals surface area (Å²) in [6, 6.07) is 16.2. The van der Waals surface area contributed by atoms with Crippen LogP contribution in [0.25, 0.3) is 0 Å². The first kappa shape index (κ1) is 21.1. The maximum atomic E-state index is 13.5. The molecule has 6 rings (SSSR count). The molecular formula is C27H27FN4O2. The van der Waals surface area contributed by atoms with Crippen LogP contribution in [0.4, 0.5) is 4.39 Å². The highest BCUT2D eigenvalue weighted by Gasteiger charge is 2.56. The molecule has 1 saturated carbocycles. The van der Waals surface area contributed by atoms with E-state index in [1.165, 1.54) is 12.1 Å². The van der Waals surface area contributed by atoms with Crippen molar-refractivity contribution in [2.24, 2.45) is 5.92 Å². The van der Waals surface area contributed by atoms with Crippen LogP contribution in [0.15, 0.2) is 60.8 Å². The fourth-order valence-electron chi connectivity index (χ4n) is 5.60. The second kappa shape index (κ2) is 8.38. The molecule has 0 radical (unpaired) electrons. The topological polar surface area (TPSA) is 58.4 Å². The van der Waals surface area contributed by atoms with E-state index in [0.29, 0.717) is 32.0 Å². The van der Waals surface area contributed by atoms with Gasteiger partial charge in [0.25, 0.3) is 0 Å². The van der Waals surface area contributed by atoms with Gasteiger partial charge < -0.3 is 9.80 Å². The molecule has 7 heteroatoms. The van der Waals surface area contributed by atoms with Crippen LogP contribution in [0.1, 0.15) is 35.2 Å². The molecule has 3 aromatic rings. The van der Waals surface area contributed by atoms with Crippen molar-refractivity contribution in [3.05, 3.63) is 89.0 Å². The first-order valence-corrected chi connectivity index (χ1v) is 12.0. The lowest BCUT2D eigenvalue weighted by atomic mass is 9.97. The minimum atomic E-state index is -0.366. The van der Waals surface area contributed by atoms with Gasteiger partial charge in [-0.25, -0.2) is 4.39 Å². The van der Waals surface area contributed by atoms with Crippen LogP contribution < -0.4 is 0 Å². The Balaban J connectivity index is 1.18. The summed E-state index contributed by atoms with van der Waals surface area (Å²) in [5, 5.41) is 4.30. The summed E-state index contributed by atoms with van der Waals surface area (Å²) >= 11 is 0. The lowest BCUT2D eigenvalue weighted by Crippen LogP contribution is -2.51. The third kappa shape index (κ3) is 3.89. The zero-order valence-corrected chi connectivity index (χ0v) is 18.9. The van der Waals surface area contributed by atoms with Crippen molar-refractivity contribution in [2.45, 2.75) is 50.9 Å². The molecule has 0 bridgehead atoms. The average Bonchev–Trinajstić information content (AvgIpc) is 3.27. The van der Waals surface area contributed by atoms with Gasteiger partial charge >= 0.3 is 0 Å². The van der Waals surface area contributed by atoms with E-state index in [0.717, 1.165) is 35.2 Å². The highest BCUT2D eigenvalue weighted by atomic mass is 19.1. The number of halogens is 1. The van der Waals surface area contributed by atoms with E-state index < -0.39 is 0 Å². The Hall–Kier alpha value is -3.48. The van der Waals surface area contributed by atoms with E-state index in [-0.39, 0.29) is 36.1 Å². The van der Waals surface area contributed by atoms with Crippen molar-refractivity contribution in [3.63, 3.8) is 0 Å². The molecule has 174 valence electrons. The highest BCUT2D eigenvalue weighted by Crippen LogP contribution is 2.48. The summed E-state index contributed by atoms with van der Waals surface area (Å²) < 4.78 is 15.2. The number of carbonyl (C=O) groups is 2. The van der Waals surface area contributed by atoms with Gasteiger partial charge in [-0.1, -0.05) is 36.4 Å². The number of hydrogen-bond donors (Lipinski definition) is 0. The monoisotopic (exact) mass is 458 g/mol. The molecule has 0 spiro atoms. The second-order valence-corrected chi connectivity index (χ2v) is 9.67. The summed E-state index contributed by atoms with van der Waals surface area (Å²) in [6.07, 6.45) is 4.45. The van der Waals surface area contributed by atoms with Crippen LogP contribution in [0.5, 0.6) is 0 Å². The van der Waals surface area contributed by atoms with Crippen LogP contribution >= 0.6 is 0 Å². The van der Waals surface area contributed by atoms with E-state index in [2.05, 4.69) is 5.10 Å². The molecule has 1 aliphatic carbocycles. The zero-order valence-electron chi connectivity index (χ0n) is 18.9. The summed E-state index contributed by atoms with van der Waals surface area (Å²) in [6.45, 7) is 1.87. The molecule has 0 N–H and O–H groups in total. The van der Waals surface area contributed by atoms with Crippen molar-refractivity contribution < 1.29 is 14.0 Å². The van der Waals surface area contributed by atoms with Gasteiger partial charge in [0.05, 0.1) is 25.2 Å². The summed E-state index contributed by atoms with van der Waals surface area (Å²) in [4.78, 5) is 30.8. The molecule has 0 unspecified atom stereocenters. The van der Waals surface area contributed by atoms with Crippen molar-refractivity contribution in [2.75, 3.05) is 6.54 Å². The SMILES string of the molecule is O=C([C@H]1C[C@@H]2C[C@@H]2N1C(=O)Cc1ccccc1Cc1ccc(F)cc1)N1CCn2nccc2C1. The molecule has 34 heavy (non-hydrogen) atoms. The molecule has 1 aromatic heterocycles. The summed E-state index contributed by atoms with van der Waals surface area (Å²) in [5.74, 6) is 0.279. The first-order valence-electron chi connectivity index (χ1n) is 12.0. The number of piperidine rings is 1. The Bertz CT molecular complexity index is 1240. The normalized spacial score (nSPS) is 22.9. The van der Waals surface area contributed by atoms with Crippen LogP contribution in [-0.2, 0) is 35.5 Å². The quantitative estimate of drug-likeness (QED) is 0.590. The van der Waals surface area contributed by atoms with Gasteiger partial charge in [-0.15, -0.1) is 0 Å². The summed E-state index contributed by atoms with van der Waals surface area (Å²) in [7, 11) is 0. The van der Waals surface area contributed by atoms with Crippen molar-refractivity contribution in [1.29, 1.82) is 0 Å². The van der Waals surface area contributed by atoms with Gasteiger partial charge in [-0.2, -0.15) is 5.10 Å². The van der Waals surface area contributed by atoms with E-state index >= 15 is 0 Å². The molecule has 3 aliphatic rings. The van der Waals surface area contributed by atoms with Crippen molar-refractivity contribution in [3.8, 4) is 0 Å². The van der Waals surface area contributed by atoms with E-state index in [1.54, 1.807) is 18.3 Å². The summed E-state index contributed by atoms with van der Waals surface area (Å²) in [5.41, 5.74) is 4.06. The second-order valence-electron chi connectivity index (χ2n) is 9.67. The molecule has 3 atom stereocenters. The molecule has 2 fully saturated rings. The zero-order chi connectivity index (χ0) is 23.2. The van der Waals surface area contributed by atoms with Gasteiger partial charge in [-0.05, 0) is 60.1 Å². The van der Waals surface area contributed by atoms with Crippen LogP contribution in [-0.4, -0.2) is 50.0 Å². The first-order chi connectivity index (χ1) is 16.6. The minimum Gasteiger partial charge on any atom is -0.333 e. The maximum absolute atomic E-state index is 13.5. The average molecular weight is 459 g/mol. The van der Waals surface area contributed by atoms with Gasteiger partial charge in [0.15, 0.2) is 0 Å². The van der Waals surface area contributed by atoms with Crippen LogP contribution in [0.2, 0.25) is 0 Å². The minimum absolute atomic E-state index is 0.0250. The lowest BCUT2D eigenvalue weighted by molar-refractivity contribution is -0.145. The Morgan fingerprint density at radius 2 is 1.76 bits per heavy atom. The van der Waals surface area contributed by atoms with Gasteiger partial charge in [-0.3, -0.25) is 14.3 Å². The Kier molecular flexibility index (Phi) is 5.20. The standard InChI is InChI=1S/C27H27FN4O2/c28-22-7-5-18(6-8-22)13-19-3-1-2-4-20(19)16-26(33)32-24-14-21(24)15-25(32)27(34)30-11-12-31-23(17-30)9-10-29-31/h1-10,21,24-25H,11-17H2/t21-,24-,25+/m0/s1. The van der Waals surface area contributed by atoms with E-state index in [4.69, 9.17) is 0 Å². The number of hydrogen-bond acceptors (Lipinski definition) is 3. The fourth-order valence-corrected chi connectivity index (χ4v) is 5.60. The Morgan fingerprint density at radius 1 is 0.971 bits per heavy atom. The molecule has 1 saturated heterocycles. The lowest BCUT2D eigenvalue weighted by Gasteiger charge is -2.34. The van der Waals surface area contributed by atoms with E-state index in [1.807, 2.05) is 44.8 Å². The maximum Gasteiger partial charge on any atom is 0.245 e. The van der Waals surface area contributed by atoms with Crippen LogP contribution in [0.3, 0.4) is 0 Å². The molecule has 6 nitrogen and oxygen atoms in total. The predicted octanol–water partition coefficient (Wildman–Crippen LogP) is 3.19. The third-order valence-electron chi connectivity index (χ3n) is 7.50. The Labute approximate surface area is 198 Å². The highest BCUT2D eigenvalue weighted by molar-refractivity contribution is 5.90. The number of benzene rings is 2. The van der Waals surface area contributed by atoms with Gasteiger partial charge in [0, 0.05) is 18.8 Å². The predicted molar refractivity (Wildman–Crippen MR) is 124 cm³/mol. The number of aromatic nitrogens is 2. The van der Waals surface area contributed by atoms with Crippen molar-refractivity contribution >= 4 is 11.8 Å². The molecule has 3 heterocycles. The number of nitrogens with zero attached hydrogens (tertiary/aromatic N) is 4.